The maximum absolute atomic E-state index is 14.8. The normalized spacial score (nSPS) is 23.1. The van der Waals surface area contributed by atoms with Gasteiger partial charge in [0.2, 0.25) is 5.91 Å². The molecule has 5 rings (SSSR count). The number of nitrogens with zero attached hydrogens (tertiary/aromatic N) is 1. The third kappa shape index (κ3) is 5.20. The zero-order valence-electron chi connectivity index (χ0n) is 20.8. The van der Waals surface area contributed by atoms with Crippen LogP contribution in [0, 0.1) is 29.5 Å². The Morgan fingerprint density at radius 3 is 2.49 bits per heavy atom. The first-order valence-electron chi connectivity index (χ1n) is 12.3. The van der Waals surface area contributed by atoms with Gasteiger partial charge in [0.25, 0.3) is 5.91 Å². The van der Waals surface area contributed by atoms with Crippen LogP contribution in [0.3, 0.4) is 0 Å². The van der Waals surface area contributed by atoms with Crippen LogP contribution in [-0.2, 0) is 20.8 Å². The van der Waals surface area contributed by atoms with Crippen LogP contribution >= 0.6 is 0 Å². The van der Waals surface area contributed by atoms with E-state index in [0.717, 1.165) is 18.4 Å². The number of carbonyl (C=O) groups excluding carboxylic acids is 2. The van der Waals surface area contributed by atoms with Crippen molar-refractivity contribution >= 4 is 27.3 Å². The monoisotopic (exact) mass is 563 g/mol. The molecule has 206 valence electrons. The lowest BCUT2D eigenvalue weighted by Crippen LogP contribution is -2.50. The predicted molar refractivity (Wildman–Crippen MR) is 133 cm³/mol. The minimum Gasteiger partial charge on any atom is -0.398 e. The van der Waals surface area contributed by atoms with E-state index in [2.05, 4.69) is 17.2 Å². The number of sulfone groups is 1. The fourth-order valence-corrected chi connectivity index (χ4v) is 5.97. The Balaban J connectivity index is 1.45. The Morgan fingerprint density at radius 2 is 1.87 bits per heavy atom. The maximum atomic E-state index is 14.8. The number of benzene rings is 2. The van der Waals surface area contributed by atoms with Gasteiger partial charge in [-0.3, -0.25) is 9.59 Å². The number of nitrogen functional groups attached to an aromatic ring is 1. The zero-order valence-corrected chi connectivity index (χ0v) is 21.6. The molecule has 2 aromatic carbocycles. The number of hydrogen-bond acceptors (Lipinski definition) is 5. The number of likely N-dealkylation sites (tertiary alicyclic amines) is 1. The molecule has 2 amide bonds. The third-order valence-electron chi connectivity index (χ3n) is 7.51. The molecular weight excluding hydrogens is 538 g/mol. The van der Waals surface area contributed by atoms with Crippen molar-refractivity contribution < 1.29 is 35.6 Å². The maximum Gasteiger partial charge on any atom is 0.416 e. The molecule has 2 fully saturated rings. The summed E-state index contributed by atoms with van der Waals surface area (Å²) in [5, 5.41) is 2.78. The smallest absolute Gasteiger partial charge is 0.398 e. The highest BCUT2D eigenvalue weighted by atomic mass is 32.2. The van der Waals surface area contributed by atoms with Gasteiger partial charge in [-0.1, -0.05) is 12.0 Å². The van der Waals surface area contributed by atoms with Gasteiger partial charge in [0, 0.05) is 29.8 Å². The van der Waals surface area contributed by atoms with E-state index in [1.165, 1.54) is 23.1 Å². The summed E-state index contributed by atoms with van der Waals surface area (Å²) in [6, 6.07) is 3.67. The van der Waals surface area contributed by atoms with E-state index in [4.69, 9.17) is 5.73 Å². The van der Waals surface area contributed by atoms with Crippen LogP contribution in [0.15, 0.2) is 41.3 Å². The second-order valence-electron chi connectivity index (χ2n) is 10.2. The molecule has 2 aromatic rings. The molecule has 1 saturated carbocycles. The van der Waals surface area contributed by atoms with Crippen molar-refractivity contribution in [2.45, 2.75) is 54.9 Å². The number of amides is 2. The number of alkyl halides is 3. The molecule has 0 radical (unpaired) electrons. The van der Waals surface area contributed by atoms with Crippen molar-refractivity contribution in [1.29, 1.82) is 0 Å². The molecule has 3 N–H and O–H groups in total. The van der Waals surface area contributed by atoms with Crippen LogP contribution in [-0.4, -0.2) is 43.5 Å². The lowest BCUT2D eigenvalue weighted by Gasteiger charge is -2.31. The molecule has 3 aliphatic rings. The van der Waals surface area contributed by atoms with Gasteiger partial charge in [0.1, 0.15) is 11.9 Å². The van der Waals surface area contributed by atoms with Gasteiger partial charge in [0.05, 0.1) is 28.1 Å². The first-order chi connectivity index (χ1) is 18.3. The number of rotatable bonds is 6. The van der Waals surface area contributed by atoms with Gasteiger partial charge in [-0.05, 0) is 55.5 Å². The summed E-state index contributed by atoms with van der Waals surface area (Å²) in [4.78, 5) is 28.6. The largest absolute Gasteiger partial charge is 0.416 e. The molecule has 0 aromatic heterocycles. The summed E-state index contributed by atoms with van der Waals surface area (Å²) in [6.45, 7) is 0. The molecule has 4 atom stereocenters. The molecule has 0 unspecified atom stereocenters. The van der Waals surface area contributed by atoms with Gasteiger partial charge < -0.3 is 16.0 Å². The van der Waals surface area contributed by atoms with Gasteiger partial charge in [-0.25, -0.2) is 12.8 Å². The van der Waals surface area contributed by atoms with Crippen LogP contribution in [0.1, 0.15) is 53.2 Å². The summed E-state index contributed by atoms with van der Waals surface area (Å²) < 4.78 is 78.2. The van der Waals surface area contributed by atoms with Crippen molar-refractivity contribution in [2.75, 3.05) is 12.0 Å². The second kappa shape index (κ2) is 9.55. The number of nitrogens with one attached hydrogen (secondary N) is 1. The van der Waals surface area contributed by atoms with Crippen LogP contribution in [0.2, 0.25) is 0 Å². The average molecular weight is 564 g/mol. The van der Waals surface area contributed by atoms with Gasteiger partial charge in [-0.2, -0.15) is 13.2 Å². The lowest BCUT2D eigenvalue weighted by molar-refractivity contribution is -0.137. The number of nitrogens with two attached hydrogens (primary N) is 1. The summed E-state index contributed by atoms with van der Waals surface area (Å²) in [5.74, 6) is 3.21. The Hall–Kier alpha value is -3.59. The molecule has 0 spiro atoms. The highest BCUT2D eigenvalue weighted by Gasteiger charge is 2.49. The fraction of sp³-hybridized carbons (Fsp3) is 0.407. The number of fused-ring (bicyclic) bond motifs is 1. The van der Waals surface area contributed by atoms with Crippen molar-refractivity contribution in [3.63, 3.8) is 0 Å². The molecule has 1 heterocycles. The van der Waals surface area contributed by atoms with E-state index < -0.39 is 57.3 Å². The quantitative estimate of drug-likeness (QED) is 0.317. The second-order valence-corrected chi connectivity index (χ2v) is 12.3. The highest BCUT2D eigenvalue weighted by Crippen LogP contribution is 2.44. The highest BCUT2D eigenvalue weighted by molar-refractivity contribution is 7.90. The molecule has 0 bridgehead atoms. The number of halogens is 4. The molecule has 7 nitrogen and oxygen atoms in total. The zero-order chi connectivity index (χ0) is 28.3. The van der Waals surface area contributed by atoms with E-state index >= 15 is 0 Å². The van der Waals surface area contributed by atoms with E-state index in [-0.39, 0.29) is 40.0 Å². The van der Waals surface area contributed by atoms with Gasteiger partial charge >= 0.3 is 6.18 Å². The number of hydrogen-bond donors (Lipinski definition) is 2. The van der Waals surface area contributed by atoms with Crippen molar-refractivity contribution in [1.82, 2.24) is 10.2 Å². The number of anilines is 1. The van der Waals surface area contributed by atoms with E-state index in [1.807, 2.05) is 0 Å². The van der Waals surface area contributed by atoms with Crippen molar-refractivity contribution in [3.8, 4) is 11.8 Å². The Morgan fingerprint density at radius 1 is 1.15 bits per heavy atom. The Kier molecular flexibility index (Phi) is 6.61. The Bertz CT molecular complexity index is 1530. The standard InChI is InChI=1S/C27H25F4N3O4S/c1-39(37,38)17-8-10-21(32)19(13-17)26(36)34-22-4-2-3-15(22)11-23(34)25(35)33-24(14-5-6-14)18-9-7-16(12-20(18)28)27(29,30)31/h7-10,12-15,22-24H,4-6,11,32H2,1H3,(H,33,35)/t15-,22-,23-,24-/m1/s1. The summed E-state index contributed by atoms with van der Waals surface area (Å²) in [7, 11) is -3.65. The summed E-state index contributed by atoms with van der Waals surface area (Å²) in [6.07, 6.45) is -1.89. The summed E-state index contributed by atoms with van der Waals surface area (Å²) >= 11 is 0. The van der Waals surface area contributed by atoms with Crippen LogP contribution in [0.5, 0.6) is 0 Å². The first kappa shape index (κ1) is 27.0. The first-order valence-corrected chi connectivity index (χ1v) is 14.2. The fourth-order valence-electron chi connectivity index (χ4n) is 5.33. The van der Waals surface area contributed by atoms with E-state index in [0.29, 0.717) is 25.3 Å². The van der Waals surface area contributed by atoms with E-state index in [1.54, 1.807) is 0 Å². The molecule has 1 aliphatic heterocycles. The lowest BCUT2D eigenvalue weighted by atomic mass is 9.98. The van der Waals surface area contributed by atoms with Crippen LogP contribution < -0.4 is 11.1 Å². The van der Waals surface area contributed by atoms with E-state index in [9.17, 15) is 35.6 Å². The molecule has 2 aliphatic carbocycles. The van der Waals surface area contributed by atoms with Crippen molar-refractivity contribution in [3.05, 3.63) is 58.9 Å². The van der Waals surface area contributed by atoms with Gasteiger partial charge in [0.15, 0.2) is 9.84 Å². The Labute approximate surface area is 222 Å². The average Bonchev–Trinajstić information content (AvgIpc) is 3.48. The summed E-state index contributed by atoms with van der Waals surface area (Å²) in [5.41, 5.74) is 4.81. The minimum absolute atomic E-state index is 0.0385. The molecule has 12 heteroatoms. The van der Waals surface area contributed by atoms with Crippen LogP contribution in [0.25, 0.3) is 0 Å². The molecule has 39 heavy (non-hydrogen) atoms. The SMILES string of the molecule is CS(=O)(=O)c1ccc(N)c(C(=O)N2[C@@H](C(=O)N[C@@H](c3ccc(C(F)(F)F)cc3F)C3CC3)C[C@H]3C#CC[C@H]32)c1. The predicted octanol–water partition coefficient (Wildman–Crippen LogP) is 3.70. The van der Waals surface area contributed by atoms with Crippen molar-refractivity contribution in [2.24, 2.45) is 11.8 Å². The number of carbonyl (C=O) groups is 2. The molecular formula is C27H25F4N3O4S. The molecule has 1 saturated heterocycles. The van der Waals surface area contributed by atoms with Crippen LogP contribution in [0.4, 0.5) is 23.2 Å². The topological polar surface area (TPSA) is 110 Å². The third-order valence-corrected chi connectivity index (χ3v) is 8.62. The van der Waals surface area contributed by atoms with Gasteiger partial charge in [-0.15, -0.1) is 5.92 Å². The minimum atomic E-state index is -4.71.